The first kappa shape index (κ1) is 18.8. The normalized spacial score (nSPS) is 14.8. The molecule has 1 heterocycles. The third kappa shape index (κ3) is 3.93. The summed E-state index contributed by atoms with van der Waals surface area (Å²) in [6, 6.07) is 12.3. The average Bonchev–Trinajstić information content (AvgIpc) is 2.60. The van der Waals surface area contributed by atoms with Crippen molar-refractivity contribution in [3.63, 3.8) is 0 Å². The fraction of sp³-hybridized carbons (Fsp3) is 0.250. The number of rotatable bonds is 3. The molecule has 0 amide bonds. The summed E-state index contributed by atoms with van der Waals surface area (Å²) in [4.78, 5) is 12.5. The quantitative estimate of drug-likeness (QED) is 0.440. The molecule has 140 valence electrons. The Bertz CT molecular complexity index is 935. The average molecular weight is 382 g/mol. The monoisotopic (exact) mass is 382 g/mol. The first-order valence-electron chi connectivity index (χ1n) is 8.57. The van der Waals surface area contributed by atoms with Gasteiger partial charge in [-0.3, -0.25) is 10.1 Å². The Morgan fingerprint density at radius 3 is 2.33 bits per heavy atom. The van der Waals surface area contributed by atoms with Crippen LogP contribution in [0.2, 0.25) is 0 Å². The summed E-state index contributed by atoms with van der Waals surface area (Å²) in [5, 5.41) is 17.4. The highest BCUT2D eigenvalue weighted by atomic mass is 32.1. The second kappa shape index (κ2) is 7.00. The highest BCUT2D eigenvalue weighted by molar-refractivity contribution is 7.80. The second-order valence-electron chi connectivity index (χ2n) is 7.16. The van der Waals surface area contributed by atoms with Gasteiger partial charge in [-0.2, -0.15) is 0 Å². The molecule has 2 N–H and O–H groups in total. The van der Waals surface area contributed by atoms with E-state index in [0.717, 1.165) is 5.69 Å². The molecule has 2 aromatic carbocycles. The zero-order chi connectivity index (χ0) is 19.8. The number of nitro groups is 1. The van der Waals surface area contributed by atoms with Gasteiger partial charge in [0.15, 0.2) is 5.11 Å². The molecule has 0 bridgehead atoms. The molecule has 0 aliphatic carbocycles. The number of fused-ring (bicyclic) bond motifs is 1. The molecular formula is C20H22N4O2S. The number of benzene rings is 2. The van der Waals surface area contributed by atoms with E-state index < -0.39 is 4.92 Å². The molecule has 3 rings (SSSR count). The minimum Gasteiger partial charge on any atom is -0.366 e. The third-order valence-electron chi connectivity index (χ3n) is 4.81. The summed E-state index contributed by atoms with van der Waals surface area (Å²) >= 11 is 5.37. The van der Waals surface area contributed by atoms with Crippen molar-refractivity contribution in [1.82, 2.24) is 0 Å². The summed E-state index contributed by atoms with van der Waals surface area (Å²) in [6.45, 7) is 6.49. The van der Waals surface area contributed by atoms with Crippen LogP contribution in [-0.4, -0.2) is 22.6 Å². The van der Waals surface area contributed by atoms with Gasteiger partial charge in [0.2, 0.25) is 0 Å². The molecule has 27 heavy (non-hydrogen) atoms. The number of nitro benzene ring substituents is 1. The van der Waals surface area contributed by atoms with E-state index in [4.69, 9.17) is 12.2 Å². The molecule has 0 unspecified atom stereocenters. The summed E-state index contributed by atoms with van der Waals surface area (Å²) in [5.41, 5.74) is 5.16. The first-order chi connectivity index (χ1) is 12.7. The van der Waals surface area contributed by atoms with Crippen LogP contribution in [0.5, 0.6) is 0 Å². The van der Waals surface area contributed by atoms with Crippen molar-refractivity contribution in [2.24, 2.45) is 0 Å². The molecule has 6 nitrogen and oxygen atoms in total. The summed E-state index contributed by atoms with van der Waals surface area (Å²) in [7, 11) is 2.09. The first-order valence-corrected chi connectivity index (χ1v) is 8.98. The largest absolute Gasteiger partial charge is 0.366 e. The Labute approximate surface area is 164 Å². The molecule has 2 aromatic rings. The van der Waals surface area contributed by atoms with Crippen LogP contribution in [0, 0.1) is 10.1 Å². The summed E-state index contributed by atoms with van der Waals surface area (Å²) < 4.78 is 0. The van der Waals surface area contributed by atoms with Gasteiger partial charge in [-0.05, 0) is 68.9 Å². The maximum atomic E-state index is 10.7. The number of allylic oxidation sites excluding steroid dienone is 1. The lowest BCUT2D eigenvalue weighted by Crippen LogP contribution is -2.42. The fourth-order valence-electron chi connectivity index (χ4n) is 3.20. The number of likely N-dealkylation sites (N-methyl/N-ethyl adjacent to an activating group) is 1. The van der Waals surface area contributed by atoms with Crippen LogP contribution in [0.4, 0.5) is 22.7 Å². The Kier molecular flexibility index (Phi) is 4.89. The van der Waals surface area contributed by atoms with Crippen molar-refractivity contribution in [3.8, 4) is 0 Å². The van der Waals surface area contributed by atoms with Crippen LogP contribution in [-0.2, 0) is 0 Å². The number of nitrogens with one attached hydrogen (secondary N) is 2. The van der Waals surface area contributed by atoms with Crippen molar-refractivity contribution < 1.29 is 4.92 Å². The third-order valence-corrected chi connectivity index (χ3v) is 5.01. The zero-order valence-corrected chi connectivity index (χ0v) is 16.6. The topological polar surface area (TPSA) is 70.4 Å². The molecule has 7 heteroatoms. The van der Waals surface area contributed by atoms with Crippen molar-refractivity contribution in [2.75, 3.05) is 22.6 Å². The van der Waals surface area contributed by atoms with Crippen molar-refractivity contribution in [1.29, 1.82) is 0 Å². The van der Waals surface area contributed by atoms with Gasteiger partial charge >= 0.3 is 0 Å². The SMILES string of the molecule is CC1=CC(C)(C)N(C)c2ccc(NC(=S)Nc3ccc([N+](=O)[O-])cc3)cc21. The summed E-state index contributed by atoms with van der Waals surface area (Å²) in [5.74, 6) is 0. The van der Waals surface area contributed by atoms with Crippen LogP contribution < -0.4 is 15.5 Å². The molecule has 0 saturated carbocycles. The minimum absolute atomic E-state index is 0.0290. The number of thiocarbonyl (C=S) groups is 1. The fourth-order valence-corrected chi connectivity index (χ4v) is 3.43. The van der Waals surface area contributed by atoms with Crippen molar-refractivity contribution in [3.05, 3.63) is 64.2 Å². The predicted octanol–water partition coefficient (Wildman–Crippen LogP) is 5.04. The number of hydrogen-bond acceptors (Lipinski definition) is 4. The molecule has 0 saturated heterocycles. The van der Waals surface area contributed by atoms with Gasteiger partial charge in [-0.1, -0.05) is 6.08 Å². The van der Waals surface area contributed by atoms with Gasteiger partial charge < -0.3 is 15.5 Å². The van der Waals surface area contributed by atoms with E-state index in [1.165, 1.54) is 29.0 Å². The molecule has 0 fully saturated rings. The molecule has 0 spiro atoms. The van der Waals surface area contributed by atoms with E-state index >= 15 is 0 Å². The number of anilines is 3. The standard InChI is InChI=1S/C20H22N4O2S/c1-13-12-20(2,3)23(4)18-10-7-15(11-17(13)18)22-19(27)21-14-5-8-16(9-6-14)24(25)26/h5-12H,1-4H3,(H2,21,22,27). The Morgan fingerprint density at radius 1 is 1.11 bits per heavy atom. The highest BCUT2D eigenvalue weighted by Crippen LogP contribution is 2.38. The van der Waals surface area contributed by atoms with Gasteiger partial charge in [-0.15, -0.1) is 0 Å². The van der Waals surface area contributed by atoms with Crippen molar-refractivity contribution in [2.45, 2.75) is 26.3 Å². The highest BCUT2D eigenvalue weighted by Gasteiger charge is 2.28. The van der Waals surface area contributed by atoms with E-state index in [1.54, 1.807) is 12.1 Å². The van der Waals surface area contributed by atoms with Crippen LogP contribution in [0.25, 0.3) is 5.57 Å². The number of hydrogen-bond donors (Lipinski definition) is 2. The molecule has 1 aliphatic rings. The van der Waals surface area contributed by atoms with Crippen LogP contribution in [0.3, 0.4) is 0 Å². The lowest BCUT2D eigenvalue weighted by atomic mass is 9.89. The zero-order valence-electron chi connectivity index (χ0n) is 15.7. The van der Waals surface area contributed by atoms with E-state index in [2.05, 4.69) is 61.6 Å². The maximum absolute atomic E-state index is 10.7. The molecule has 0 aromatic heterocycles. The van der Waals surface area contributed by atoms with E-state index in [9.17, 15) is 10.1 Å². The Hall–Kier alpha value is -2.93. The number of nitrogens with zero attached hydrogens (tertiary/aromatic N) is 2. The van der Waals surface area contributed by atoms with Gasteiger partial charge in [0.05, 0.1) is 10.5 Å². The van der Waals surface area contributed by atoms with Crippen molar-refractivity contribution >= 4 is 45.7 Å². The molecule has 0 radical (unpaired) electrons. The van der Waals surface area contributed by atoms with Gasteiger partial charge in [0.25, 0.3) is 5.69 Å². The van der Waals surface area contributed by atoms with E-state index in [1.807, 2.05) is 6.07 Å². The number of non-ortho nitro benzene ring substituents is 1. The molecule has 1 aliphatic heterocycles. The lowest BCUT2D eigenvalue weighted by molar-refractivity contribution is -0.384. The summed E-state index contributed by atoms with van der Waals surface area (Å²) in [6.07, 6.45) is 2.26. The van der Waals surface area contributed by atoms with Crippen LogP contribution in [0.15, 0.2) is 48.5 Å². The predicted molar refractivity (Wildman–Crippen MR) is 116 cm³/mol. The van der Waals surface area contributed by atoms with Gasteiger partial charge in [0, 0.05) is 41.8 Å². The van der Waals surface area contributed by atoms with Gasteiger partial charge in [-0.25, -0.2) is 0 Å². The molecular weight excluding hydrogens is 360 g/mol. The van der Waals surface area contributed by atoms with E-state index in [0.29, 0.717) is 10.8 Å². The van der Waals surface area contributed by atoms with Gasteiger partial charge in [0.1, 0.15) is 0 Å². The Morgan fingerprint density at radius 2 is 1.70 bits per heavy atom. The van der Waals surface area contributed by atoms with E-state index in [-0.39, 0.29) is 11.2 Å². The Balaban J connectivity index is 1.74. The van der Waals surface area contributed by atoms with Crippen LogP contribution in [0.1, 0.15) is 26.3 Å². The minimum atomic E-state index is -0.429. The lowest BCUT2D eigenvalue weighted by Gasteiger charge is -2.40. The second-order valence-corrected chi connectivity index (χ2v) is 7.56. The van der Waals surface area contributed by atoms with Crippen LogP contribution >= 0.6 is 12.2 Å². The molecule has 0 atom stereocenters. The smallest absolute Gasteiger partial charge is 0.269 e. The maximum Gasteiger partial charge on any atom is 0.269 e.